The lowest BCUT2D eigenvalue weighted by atomic mass is 9.79. The van der Waals surface area contributed by atoms with E-state index in [9.17, 15) is 9.59 Å². The van der Waals surface area contributed by atoms with Gasteiger partial charge in [0.15, 0.2) is 0 Å². The molecule has 5 heteroatoms. The van der Waals surface area contributed by atoms with Gasteiger partial charge in [0.2, 0.25) is 0 Å². The van der Waals surface area contributed by atoms with E-state index in [1.807, 2.05) is 0 Å². The highest BCUT2D eigenvalue weighted by Crippen LogP contribution is 2.31. The molecule has 0 bridgehead atoms. The first-order chi connectivity index (χ1) is 6.16. The van der Waals surface area contributed by atoms with Crippen molar-refractivity contribution >= 4 is 24.8 Å². The van der Waals surface area contributed by atoms with E-state index in [2.05, 4.69) is 17.1 Å². The molecule has 0 aromatic carbocycles. The number of aliphatic carboxylic acids is 1. The van der Waals surface area contributed by atoms with Gasteiger partial charge < -0.3 is 9.29 Å². The molecular formula is C8H12O4S. The van der Waals surface area contributed by atoms with Gasteiger partial charge in [-0.2, -0.15) is 0 Å². The summed E-state index contributed by atoms with van der Waals surface area (Å²) >= 11 is 3.39. The van der Waals surface area contributed by atoms with E-state index in [4.69, 9.17) is 5.11 Å². The number of carbonyl (C=O) groups excluding carboxylic acids is 1. The van der Waals surface area contributed by atoms with Crippen molar-refractivity contribution in [2.75, 3.05) is 0 Å². The van der Waals surface area contributed by atoms with Crippen LogP contribution in [0.15, 0.2) is 0 Å². The van der Waals surface area contributed by atoms with E-state index < -0.39 is 23.8 Å². The molecule has 0 heterocycles. The first kappa shape index (κ1) is 10.4. The van der Waals surface area contributed by atoms with E-state index in [1.54, 1.807) is 0 Å². The molecule has 0 aromatic heterocycles. The molecule has 13 heavy (non-hydrogen) atoms. The average Bonchev–Trinajstić information content (AvgIpc) is 2.16. The summed E-state index contributed by atoms with van der Waals surface area (Å²) in [6.45, 7) is 0. The smallest absolute Gasteiger partial charge is 0.321 e. The third-order valence-corrected chi connectivity index (χ3v) is 2.66. The van der Waals surface area contributed by atoms with E-state index in [0.717, 1.165) is 12.8 Å². The molecule has 1 aliphatic carbocycles. The van der Waals surface area contributed by atoms with Crippen molar-refractivity contribution in [1.29, 1.82) is 0 Å². The lowest BCUT2D eigenvalue weighted by Gasteiger charge is -2.25. The molecule has 1 fully saturated rings. The molecular weight excluding hydrogens is 192 g/mol. The van der Waals surface area contributed by atoms with Crippen molar-refractivity contribution in [3.8, 4) is 0 Å². The lowest BCUT2D eigenvalue weighted by molar-refractivity contribution is -0.153. The quantitative estimate of drug-likeness (QED) is 0.525. The largest absolute Gasteiger partial charge is 0.481 e. The number of hydrogen-bond donors (Lipinski definition) is 2. The first-order valence-electron chi connectivity index (χ1n) is 4.25. The molecule has 0 spiro atoms. The fraction of sp³-hybridized carbons (Fsp3) is 0.750. The second-order valence-electron chi connectivity index (χ2n) is 3.25. The summed E-state index contributed by atoms with van der Waals surface area (Å²) in [6, 6.07) is 0. The van der Waals surface area contributed by atoms with Gasteiger partial charge in [-0.1, -0.05) is 12.8 Å². The van der Waals surface area contributed by atoms with Gasteiger partial charge >= 0.3 is 11.9 Å². The van der Waals surface area contributed by atoms with Gasteiger partial charge in [-0.3, -0.25) is 9.59 Å². The number of carbonyl (C=O) groups is 2. The van der Waals surface area contributed by atoms with Crippen LogP contribution in [0.25, 0.3) is 0 Å². The minimum atomic E-state index is -0.913. The zero-order chi connectivity index (χ0) is 9.84. The standard InChI is InChI=1S/C8H12O4S/c9-7(10)5-3-1-2-4-6(5)8(11)12-13/h5-6,13H,1-4H2,(H,9,10). The van der Waals surface area contributed by atoms with Crippen molar-refractivity contribution in [2.24, 2.45) is 11.8 Å². The first-order valence-corrected chi connectivity index (χ1v) is 4.61. The molecule has 0 aromatic rings. The summed E-state index contributed by atoms with van der Waals surface area (Å²) in [5.41, 5.74) is 0. The van der Waals surface area contributed by atoms with Gasteiger partial charge in [0.05, 0.1) is 11.8 Å². The summed E-state index contributed by atoms with van der Waals surface area (Å²) in [5.74, 6) is -2.53. The Hall–Kier alpha value is -0.710. The minimum Gasteiger partial charge on any atom is -0.481 e. The molecule has 1 N–H and O–H groups in total. The Kier molecular flexibility index (Phi) is 3.59. The van der Waals surface area contributed by atoms with E-state index >= 15 is 0 Å². The van der Waals surface area contributed by atoms with E-state index in [-0.39, 0.29) is 0 Å². The third kappa shape index (κ3) is 2.37. The zero-order valence-corrected chi connectivity index (χ0v) is 8.00. The van der Waals surface area contributed by atoms with Gasteiger partial charge in [0.1, 0.15) is 0 Å². The van der Waals surface area contributed by atoms with Crippen molar-refractivity contribution in [2.45, 2.75) is 25.7 Å². The molecule has 0 saturated heterocycles. The van der Waals surface area contributed by atoms with Crippen molar-refractivity contribution < 1.29 is 18.9 Å². The predicted octanol–water partition coefficient (Wildman–Crippen LogP) is 1.27. The molecule has 2 unspecified atom stereocenters. The normalized spacial score (nSPS) is 28.1. The highest BCUT2D eigenvalue weighted by molar-refractivity contribution is 7.75. The lowest BCUT2D eigenvalue weighted by Crippen LogP contribution is -2.32. The average molecular weight is 204 g/mol. The van der Waals surface area contributed by atoms with Crippen molar-refractivity contribution in [3.63, 3.8) is 0 Å². The molecule has 74 valence electrons. The number of carboxylic acids is 1. The number of thiol groups is 1. The summed E-state index contributed by atoms with van der Waals surface area (Å²) in [6.07, 6.45) is 2.91. The van der Waals surface area contributed by atoms with Crippen LogP contribution in [0.5, 0.6) is 0 Å². The molecule has 0 aliphatic heterocycles. The van der Waals surface area contributed by atoms with Crippen LogP contribution in [0.2, 0.25) is 0 Å². The Labute approximate surface area is 81.9 Å². The maximum atomic E-state index is 11.1. The van der Waals surface area contributed by atoms with Gasteiger partial charge in [0.25, 0.3) is 0 Å². The molecule has 2 atom stereocenters. The topological polar surface area (TPSA) is 63.6 Å². The Balaban J connectivity index is 2.67. The Morgan fingerprint density at radius 1 is 1.23 bits per heavy atom. The van der Waals surface area contributed by atoms with Gasteiger partial charge in [-0.05, 0) is 12.8 Å². The molecule has 0 amide bonds. The summed E-state index contributed by atoms with van der Waals surface area (Å²) in [7, 11) is 0. The van der Waals surface area contributed by atoms with Gasteiger partial charge in [0, 0.05) is 12.9 Å². The third-order valence-electron chi connectivity index (χ3n) is 2.48. The van der Waals surface area contributed by atoms with E-state index in [1.165, 1.54) is 0 Å². The van der Waals surface area contributed by atoms with Gasteiger partial charge in [-0.15, -0.1) is 0 Å². The monoisotopic (exact) mass is 204 g/mol. The molecule has 4 nitrogen and oxygen atoms in total. The van der Waals surface area contributed by atoms with Gasteiger partial charge in [-0.25, -0.2) is 0 Å². The summed E-state index contributed by atoms with van der Waals surface area (Å²) in [5, 5.41) is 8.82. The molecule has 1 rings (SSSR count). The predicted molar refractivity (Wildman–Crippen MR) is 48.2 cm³/mol. The second kappa shape index (κ2) is 4.50. The van der Waals surface area contributed by atoms with Crippen LogP contribution in [0, 0.1) is 11.8 Å². The number of carboxylic acid groups (broad SMARTS) is 1. The van der Waals surface area contributed by atoms with Crippen LogP contribution < -0.4 is 0 Å². The fourth-order valence-electron chi connectivity index (χ4n) is 1.78. The zero-order valence-electron chi connectivity index (χ0n) is 7.10. The molecule has 0 radical (unpaired) electrons. The Bertz CT molecular complexity index is 216. The number of rotatable bonds is 2. The maximum Gasteiger partial charge on any atom is 0.321 e. The van der Waals surface area contributed by atoms with Crippen molar-refractivity contribution in [3.05, 3.63) is 0 Å². The van der Waals surface area contributed by atoms with Crippen molar-refractivity contribution in [1.82, 2.24) is 0 Å². The highest BCUT2D eigenvalue weighted by Gasteiger charge is 2.36. The second-order valence-corrected chi connectivity index (χ2v) is 3.43. The molecule has 1 saturated carbocycles. The van der Waals surface area contributed by atoms with Crippen LogP contribution in [-0.2, 0) is 13.8 Å². The summed E-state index contributed by atoms with van der Waals surface area (Å²) < 4.78 is 4.26. The Morgan fingerprint density at radius 2 is 1.77 bits per heavy atom. The number of hydrogen-bond acceptors (Lipinski definition) is 4. The summed E-state index contributed by atoms with van der Waals surface area (Å²) in [4.78, 5) is 21.9. The van der Waals surface area contributed by atoms with Crippen LogP contribution in [0.4, 0.5) is 0 Å². The fourth-order valence-corrected chi connectivity index (χ4v) is 1.91. The van der Waals surface area contributed by atoms with Crippen LogP contribution in [0.3, 0.4) is 0 Å². The van der Waals surface area contributed by atoms with E-state index in [0.29, 0.717) is 12.8 Å². The van der Waals surface area contributed by atoms with Crippen LogP contribution >= 0.6 is 12.9 Å². The molecule has 1 aliphatic rings. The minimum absolute atomic E-state index is 0.510. The van der Waals surface area contributed by atoms with Crippen LogP contribution in [0.1, 0.15) is 25.7 Å². The maximum absolute atomic E-state index is 11.1. The Morgan fingerprint density at radius 3 is 2.23 bits per heavy atom. The SMILES string of the molecule is O=C(O)C1CCCCC1C(=O)OS. The van der Waals surface area contributed by atoms with Crippen LogP contribution in [-0.4, -0.2) is 17.0 Å². The highest BCUT2D eigenvalue weighted by atomic mass is 32.1.